The lowest BCUT2D eigenvalue weighted by molar-refractivity contribution is -0.132. The standard InChI is InChI=1S/C36H53NO12Si/c1-7-44-33-25-27(17-19-31(33)49-35(40)29-18-20-30(42-5)32(26-29)43-6)24-28(34(38)39)16-13-11-12-14-22-45-36(41)37-21-15-23-50(46-8-2,47-9-3)48-10-4/h17-20,24-26H,7-16,21-23H2,1-6H3,(H,37,41)(H,38,39)/b28-24+. The minimum atomic E-state index is -2.74. The number of benzene rings is 2. The van der Waals surface area contributed by atoms with Crippen LogP contribution in [0.5, 0.6) is 23.0 Å². The first-order chi connectivity index (χ1) is 24.1. The number of carboxylic acid groups (broad SMARTS) is 1. The van der Waals surface area contributed by atoms with Crippen molar-refractivity contribution < 1.29 is 56.5 Å². The van der Waals surface area contributed by atoms with Crippen LogP contribution in [0.1, 0.15) is 82.1 Å². The van der Waals surface area contributed by atoms with Crippen molar-refractivity contribution in [3.05, 3.63) is 53.1 Å². The number of hydrogen-bond donors (Lipinski definition) is 2. The number of esters is 1. The number of nitrogens with one attached hydrogen (secondary N) is 1. The van der Waals surface area contributed by atoms with E-state index in [1.807, 2.05) is 20.8 Å². The molecule has 0 heterocycles. The lowest BCUT2D eigenvalue weighted by atomic mass is 10.0. The van der Waals surface area contributed by atoms with Gasteiger partial charge in [-0.2, -0.15) is 0 Å². The van der Waals surface area contributed by atoms with E-state index >= 15 is 0 Å². The summed E-state index contributed by atoms with van der Waals surface area (Å²) in [6.45, 7) is 10.0. The molecule has 0 spiro atoms. The molecule has 50 heavy (non-hydrogen) atoms. The first kappa shape index (κ1) is 42.1. The van der Waals surface area contributed by atoms with Crippen LogP contribution in [-0.2, 0) is 22.8 Å². The van der Waals surface area contributed by atoms with Crippen LogP contribution in [0.25, 0.3) is 6.08 Å². The average molecular weight is 720 g/mol. The highest BCUT2D eigenvalue weighted by Crippen LogP contribution is 2.32. The fraction of sp³-hybridized carbons (Fsp3) is 0.528. The molecule has 2 rings (SSSR count). The molecule has 0 aromatic heterocycles. The lowest BCUT2D eigenvalue weighted by Crippen LogP contribution is -2.46. The first-order valence-corrected chi connectivity index (χ1v) is 19.1. The van der Waals surface area contributed by atoms with Crippen LogP contribution in [0.3, 0.4) is 0 Å². The van der Waals surface area contributed by atoms with E-state index in [1.165, 1.54) is 20.3 Å². The molecule has 0 aliphatic carbocycles. The number of hydrogen-bond acceptors (Lipinski definition) is 11. The number of alkyl carbamates (subject to hydrolysis) is 1. The molecule has 2 aromatic carbocycles. The van der Waals surface area contributed by atoms with E-state index < -0.39 is 26.8 Å². The van der Waals surface area contributed by atoms with Gasteiger partial charge in [0.05, 0.1) is 33.0 Å². The van der Waals surface area contributed by atoms with Crippen LogP contribution in [0, 0.1) is 0 Å². The largest absolute Gasteiger partial charge is 0.500 e. The van der Waals surface area contributed by atoms with Crippen LogP contribution in [-0.4, -0.2) is 85.7 Å². The second kappa shape index (κ2) is 23.3. The van der Waals surface area contributed by atoms with Gasteiger partial charge in [0.15, 0.2) is 23.0 Å². The molecular formula is C36H53NO12Si. The molecular weight excluding hydrogens is 666 g/mol. The average Bonchev–Trinajstić information content (AvgIpc) is 3.10. The molecule has 0 radical (unpaired) electrons. The van der Waals surface area contributed by atoms with Gasteiger partial charge in [0, 0.05) is 38.0 Å². The fourth-order valence-electron chi connectivity index (χ4n) is 5.01. The summed E-state index contributed by atoms with van der Waals surface area (Å²) >= 11 is 0. The Balaban J connectivity index is 1.83. The molecule has 278 valence electrons. The van der Waals surface area contributed by atoms with Gasteiger partial charge in [-0.15, -0.1) is 0 Å². The molecule has 2 N–H and O–H groups in total. The molecule has 0 aliphatic heterocycles. The third kappa shape index (κ3) is 14.4. The molecule has 0 fully saturated rings. The van der Waals surface area contributed by atoms with Crippen LogP contribution in [0.15, 0.2) is 42.0 Å². The lowest BCUT2D eigenvalue weighted by Gasteiger charge is -2.28. The highest BCUT2D eigenvalue weighted by molar-refractivity contribution is 6.60. The summed E-state index contributed by atoms with van der Waals surface area (Å²) in [5, 5.41) is 12.6. The summed E-state index contributed by atoms with van der Waals surface area (Å²) in [5.74, 6) is -0.261. The summed E-state index contributed by atoms with van der Waals surface area (Å²) in [7, 11) is 0.239. The van der Waals surface area contributed by atoms with Crippen molar-refractivity contribution in [2.24, 2.45) is 0 Å². The second-order valence-corrected chi connectivity index (χ2v) is 13.6. The SMILES string of the molecule is CCOc1cc(/C=C(\CCCCCCOC(=O)NCCC[Si](OCC)(OCC)OCC)C(=O)O)ccc1OC(=O)c1ccc(OC)c(OC)c1. The number of methoxy groups -OCH3 is 2. The summed E-state index contributed by atoms with van der Waals surface area (Å²) < 4.78 is 44.6. The van der Waals surface area contributed by atoms with Crippen molar-refractivity contribution >= 4 is 32.9 Å². The molecule has 0 aliphatic rings. The zero-order chi connectivity index (χ0) is 36.8. The third-order valence-electron chi connectivity index (χ3n) is 7.30. The van der Waals surface area contributed by atoms with Gasteiger partial charge < -0.3 is 47.4 Å². The van der Waals surface area contributed by atoms with Crippen molar-refractivity contribution in [1.29, 1.82) is 0 Å². The minimum absolute atomic E-state index is 0.199. The topological polar surface area (TPSA) is 157 Å². The Hall–Kier alpha value is -4.11. The highest BCUT2D eigenvalue weighted by atomic mass is 28.4. The van der Waals surface area contributed by atoms with Gasteiger partial charge in [0.1, 0.15) is 0 Å². The third-order valence-corrected chi connectivity index (χ3v) is 10.5. The Bertz CT molecular complexity index is 1370. The molecule has 0 bridgehead atoms. The van der Waals surface area contributed by atoms with Crippen molar-refractivity contribution in [2.45, 2.75) is 72.3 Å². The van der Waals surface area contributed by atoms with E-state index in [0.717, 1.165) is 12.8 Å². The second-order valence-electron chi connectivity index (χ2n) is 10.9. The Kier molecular flexibility index (Phi) is 19.6. The zero-order valence-corrected chi connectivity index (χ0v) is 31.2. The Morgan fingerprint density at radius 1 is 0.760 bits per heavy atom. The van der Waals surface area contributed by atoms with Gasteiger partial charge in [0.25, 0.3) is 0 Å². The number of unbranched alkanes of at least 4 members (excludes halogenated alkanes) is 3. The molecule has 0 atom stereocenters. The van der Waals surface area contributed by atoms with E-state index in [2.05, 4.69) is 5.32 Å². The molecule has 1 amide bonds. The van der Waals surface area contributed by atoms with Crippen molar-refractivity contribution in [1.82, 2.24) is 5.32 Å². The normalized spacial score (nSPS) is 11.5. The van der Waals surface area contributed by atoms with Crippen molar-refractivity contribution in [3.8, 4) is 23.0 Å². The minimum Gasteiger partial charge on any atom is -0.493 e. The number of aliphatic carboxylic acids is 1. The molecule has 0 saturated carbocycles. The van der Waals surface area contributed by atoms with Gasteiger partial charge in [-0.05, 0) is 95.3 Å². The Morgan fingerprint density at radius 2 is 1.42 bits per heavy atom. The maximum absolute atomic E-state index is 12.9. The van der Waals surface area contributed by atoms with E-state index in [-0.39, 0.29) is 23.5 Å². The van der Waals surface area contributed by atoms with Crippen LogP contribution in [0.2, 0.25) is 6.04 Å². The maximum atomic E-state index is 12.9. The first-order valence-electron chi connectivity index (χ1n) is 17.1. The fourth-order valence-corrected chi connectivity index (χ4v) is 7.63. The van der Waals surface area contributed by atoms with Crippen molar-refractivity contribution in [3.63, 3.8) is 0 Å². The van der Waals surface area contributed by atoms with Crippen LogP contribution < -0.4 is 24.3 Å². The Labute approximate surface area is 296 Å². The number of carbonyl (C=O) groups is 3. The molecule has 2 aromatic rings. The summed E-state index contributed by atoms with van der Waals surface area (Å²) in [4.78, 5) is 37.0. The van der Waals surface area contributed by atoms with Crippen LogP contribution in [0.4, 0.5) is 4.79 Å². The smallest absolute Gasteiger partial charge is 0.493 e. The molecule has 0 saturated heterocycles. The van der Waals surface area contributed by atoms with E-state index in [9.17, 15) is 19.5 Å². The van der Waals surface area contributed by atoms with E-state index in [4.69, 9.17) is 37.0 Å². The molecule has 0 unspecified atom stereocenters. The van der Waals surface area contributed by atoms with Crippen molar-refractivity contribution in [2.75, 3.05) is 53.8 Å². The maximum Gasteiger partial charge on any atom is 0.500 e. The summed E-state index contributed by atoms with van der Waals surface area (Å²) in [6, 6.07) is 10.2. The van der Waals surface area contributed by atoms with Crippen LogP contribution >= 0.6 is 0 Å². The number of amides is 1. The Morgan fingerprint density at radius 3 is 2.04 bits per heavy atom. The summed E-state index contributed by atoms with van der Waals surface area (Å²) in [6.07, 6.45) is 4.96. The van der Waals surface area contributed by atoms with Gasteiger partial charge in [-0.25, -0.2) is 14.4 Å². The predicted octanol–water partition coefficient (Wildman–Crippen LogP) is 6.90. The van der Waals surface area contributed by atoms with Gasteiger partial charge in [-0.3, -0.25) is 0 Å². The number of rotatable bonds is 25. The molecule has 14 heteroatoms. The monoisotopic (exact) mass is 719 g/mol. The van der Waals surface area contributed by atoms with E-state index in [1.54, 1.807) is 43.3 Å². The highest BCUT2D eigenvalue weighted by Gasteiger charge is 2.39. The zero-order valence-electron chi connectivity index (χ0n) is 30.2. The van der Waals surface area contributed by atoms with Gasteiger partial charge >= 0.3 is 26.8 Å². The van der Waals surface area contributed by atoms with E-state index in [0.29, 0.717) is 87.5 Å². The molecule has 13 nitrogen and oxygen atoms in total. The summed E-state index contributed by atoms with van der Waals surface area (Å²) in [5.41, 5.74) is 1.09. The predicted molar refractivity (Wildman–Crippen MR) is 190 cm³/mol. The number of carbonyl (C=O) groups excluding carboxylic acids is 2. The van der Waals surface area contributed by atoms with Gasteiger partial charge in [0.2, 0.25) is 0 Å². The number of carboxylic acids is 1. The van der Waals surface area contributed by atoms with Gasteiger partial charge in [-0.1, -0.05) is 18.9 Å². The number of ether oxygens (including phenoxy) is 5. The quantitative estimate of drug-likeness (QED) is 0.0360.